The van der Waals surface area contributed by atoms with Gasteiger partial charge in [0.25, 0.3) is 0 Å². The molecular formula is C27H29F3N4O3S. The number of sulfone groups is 1. The number of azide groups is 1. The van der Waals surface area contributed by atoms with Crippen LogP contribution in [0.4, 0.5) is 13.2 Å². The monoisotopic (exact) mass is 546 g/mol. The third kappa shape index (κ3) is 6.22. The maximum atomic E-state index is 13.5. The first-order valence-electron chi connectivity index (χ1n) is 12.5. The van der Waals surface area contributed by atoms with Gasteiger partial charge in [-0.25, -0.2) is 8.42 Å². The van der Waals surface area contributed by atoms with Crippen molar-refractivity contribution < 1.29 is 26.4 Å². The number of hydrogen-bond donors (Lipinski definition) is 0. The molecule has 2 aliphatic rings. The molecule has 1 amide bonds. The predicted molar refractivity (Wildman–Crippen MR) is 137 cm³/mol. The average molecular weight is 547 g/mol. The summed E-state index contributed by atoms with van der Waals surface area (Å²) in [6.45, 7) is 2.11. The molecule has 0 aromatic heterocycles. The van der Waals surface area contributed by atoms with Gasteiger partial charge in [-0.2, -0.15) is 13.2 Å². The highest BCUT2D eigenvalue weighted by Crippen LogP contribution is 2.37. The largest absolute Gasteiger partial charge is 0.416 e. The molecule has 0 radical (unpaired) electrons. The van der Waals surface area contributed by atoms with Crippen molar-refractivity contribution in [2.24, 2.45) is 17.0 Å². The molecular weight excluding hydrogens is 517 g/mol. The molecule has 202 valence electrons. The average Bonchev–Trinajstić information content (AvgIpc) is 3.24. The molecule has 4 rings (SSSR count). The van der Waals surface area contributed by atoms with Crippen LogP contribution in [0, 0.1) is 11.8 Å². The van der Waals surface area contributed by atoms with E-state index in [2.05, 4.69) is 10.0 Å². The van der Waals surface area contributed by atoms with Crippen molar-refractivity contribution in [1.82, 2.24) is 4.90 Å². The fraction of sp³-hybridized carbons (Fsp3) is 0.444. The molecule has 4 atom stereocenters. The van der Waals surface area contributed by atoms with Gasteiger partial charge in [-0.3, -0.25) is 4.79 Å². The molecule has 0 bridgehead atoms. The number of rotatable bonds is 7. The standard InChI is InChI=1S/C27H29F3N4O3S/c1-18(19-6-5-7-22(15-19)27(28,29)30)14-20-12-13-34(26(20)35)25-11-10-23(32-33-31)16-21(25)17-38(36,37)24-8-3-2-4-9-24/h2-9,14-15,20-21,23,25H,10-13,16-17H2,1H3/t20-,21-,23+,25+/m1/s1. The number of halogens is 3. The van der Waals surface area contributed by atoms with Crippen LogP contribution in [0.5, 0.6) is 0 Å². The first-order valence-corrected chi connectivity index (χ1v) is 14.1. The topological polar surface area (TPSA) is 103 Å². The van der Waals surface area contributed by atoms with E-state index in [0.29, 0.717) is 43.4 Å². The van der Waals surface area contributed by atoms with Crippen LogP contribution >= 0.6 is 0 Å². The first-order chi connectivity index (χ1) is 18.0. The van der Waals surface area contributed by atoms with Crippen LogP contribution in [-0.4, -0.2) is 43.6 Å². The molecule has 1 heterocycles. The summed E-state index contributed by atoms with van der Waals surface area (Å²) in [4.78, 5) is 18.3. The van der Waals surface area contributed by atoms with Crippen molar-refractivity contribution in [3.63, 3.8) is 0 Å². The Labute approximate surface area is 219 Å². The second kappa shape index (κ2) is 11.2. The van der Waals surface area contributed by atoms with Gasteiger partial charge >= 0.3 is 6.18 Å². The minimum absolute atomic E-state index is 0.161. The van der Waals surface area contributed by atoms with Crippen molar-refractivity contribution >= 4 is 21.3 Å². The number of carbonyl (C=O) groups is 1. The van der Waals surface area contributed by atoms with Gasteiger partial charge in [-0.1, -0.05) is 41.5 Å². The summed E-state index contributed by atoms with van der Waals surface area (Å²) in [7, 11) is -3.64. The van der Waals surface area contributed by atoms with E-state index in [1.54, 1.807) is 42.2 Å². The Kier molecular flexibility index (Phi) is 8.18. The van der Waals surface area contributed by atoms with E-state index in [0.717, 1.165) is 12.1 Å². The zero-order chi connectivity index (χ0) is 27.5. The van der Waals surface area contributed by atoms with E-state index in [-0.39, 0.29) is 28.6 Å². The number of benzene rings is 2. The molecule has 0 unspecified atom stereocenters. The summed E-state index contributed by atoms with van der Waals surface area (Å²) in [6.07, 6.45) is -0.853. The Bertz CT molecular complexity index is 1360. The third-order valence-corrected chi connectivity index (χ3v) is 9.30. The normalized spacial score (nSPS) is 24.8. The summed E-state index contributed by atoms with van der Waals surface area (Å²) in [5.74, 6) is -1.26. The maximum Gasteiger partial charge on any atom is 0.416 e. The summed E-state index contributed by atoms with van der Waals surface area (Å²) >= 11 is 0. The molecule has 1 aliphatic heterocycles. The maximum absolute atomic E-state index is 13.5. The van der Waals surface area contributed by atoms with E-state index >= 15 is 0 Å². The number of alkyl halides is 3. The second-order valence-electron chi connectivity index (χ2n) is 9.95. The number of hydrogen-bond acceptors (Lipinski definition) is 4. The Morgan fingerprint density at radius 1 is 1.13 bits per heavy atom. The Morgan fingerprint density at radius 3 is 2.55 bits per heavy atom. The van der Waals surface area contributed by atoms with E-state index in [1.807, 2.05) is 0 Å². The molecule has 0 N–H and O–H groups in total. The van der Waals surface area contributed by atoms with Gasteiger partial charge in [0.1, 0.15) is 0 Å². The molecule has 1 aliphatic carbocycles. The zero-order valence-electron chi connectivity index (χ0n) is 20.9. The highest BCUT2D eigenvalue weighted by atomic mass is 32.2. The minimum Gasteiger partial charge on any atom is -0.339 e. The van der Waals surface area contributed by atoms with Gasteiger partial charge in [0.2, 0.25) is 5.91 Å². The lowest BCUT2D eigenvalue weighted by Gasteiger charge is -2.40. The highest BCUT2D eigenvalue weighted by Gasteiger charge is 2.42. The van der Waals surface area contributed by atoms with E-state index < -0.39 is 33.4 Å². The van der Waals surface area contributed by atoms with E-state index in [4.69, 9.17) is 5.53 Å². The van der Waals surface area contributed by atoms with Crippen LogP contribution in [0.3, 0.4) is 0 Å². The van der Waals surface area contributed by atoms with Crippen molar-refractivity contribution in [2.75, 3.05) is 12.3 Å². The number of likely N-dealkylation sites (tertiary alicyclic amines) is 1. The zero-order valence-corrected chi connectivity index (χ0v) is 21.7. The summed E-state index contributed by atoms with van der Waals surface area (Å²) < 4.78 is 65.8. The van der Waals surface area contributed by atoms with Crippen LogP contribution in [0.25, 0.3) is 16.0 Å². The molecule has 2 aromatic carbocycles. The molecule has 2 fully saturated rings. The number of allylic oxidation sites excluding steroid dienone is 1. The fourth-order valence-corrected chi connectivity index (χ4v) is 7.23. The minimum atomic E-state index is -4.46. The van der Waals surface area contributed by atoms with E-state index in [9.17, 15) is 26.4 Å². The lowest BCUT2D eigenvalue weighted by Crippen LogP contribution is -2.48. The Hall–Kier alpha value is -3.30. The van der Waals surface area contributed by atoms with Crippen LogP contribution in [0.15, 0.2) is 70.7 Å². The molecule has 1 saturated carbocycles. The smallest absolute Gasteiger partial charge is 0.339 e. The van der Waals surface area contributed by atoms with Crippen molar-refractivity contribution in [3.8, 4) is 0 Å². The lowest BCUT2D eigenvalue weighted by atomic mass is 9.82. The molecule has 7 nitrogen and oxygen atoms in total. The van der Waals surface area contributed by atoms with Gasteiger partial charge < -0.3 is 4.90 Å². The van der Waals surface area contributed by atoms with Crippen LogP contribution in [-0.2, 0) is 20.8 Å². The van der Waals surface area contributed by atoms with Crippen LogP contribution in [0.1, 0.15) is 43.7 Å². The van der Waals surface area contributed by atoms with Crippen LogP contribution < -0.4 is 0 Å². The number of carbonyl (C=O) groups excluding carboxylic acids is 1. The van der Waals surface area contributed by atoms with Gasteiger partial charge in [0.05, 0.1) is 22.1 Å². The van der Waals surface area contributed by atoms with Crippen molar-refractivity contribution in [3.05, 3.63) is 82.2 Å². The number of nitrogens with zero attached hydrogens (tertiary/aromatic N) is 4. The van der Waals surface area contributed by atoms with Crippen molar-refractivity contribution in [2.45, 2.75) is 55.8 Å². The lowest BCUT2D eigenvalue weighted by molar-refractivity contribution is -0.137. The number of amides is 1. The van der Waals surface area contributed by atoms with Gasteiger partial charge in [-0.15, -0.1) is 0 Å². The molecule has 2 aromatic rings. The first kappa shape index (κ1) is 27.7. The van der Waals surface area contributed by atoms with Crippen molar-refractivity contribution in [1.29, 1.82) is 0 Å². The summed E-state index contributed by atoms with van der Waals surface area (Å²) in [5.41, 5.74) is 9.14. The summed E-state index contributed by atoms with van der Waals surface area (Å²) in [5, 5.41) is 3.82. The van der Waals surface area contributed by atoms with Gasteiger partial charge in [0.15, 0.2) is 9.84 Å². The predicted octanol–water partition coefficient (Wildman–Crippen LogP) is 6.28. The Morgan fingerprint density at radius 2 is 1.87 bits per heavy atom. The van der Waals surface area contributed by atoms with E-state index in [1.165, 1.54) is 18.2 Å². The fourth-order valence-electron chi connectivity index (χ4n) is 5.54. The highest BCUT2D eigenvalue weighted by molar-refractivity contribution is 7.91. The van der Waals surface area contributed by atoms with Gasteiger partial charge in [0, 0.05) is 23.5 Å². The van der Waals surface area contributed by atoms with Crippen LogP contribution in [0.2, 0.25) is 0 Å². The molecule has 38 heavy (non-hydrogen) atoms. The third-order valence-electron chi connectivity index (χ3n) is 7.44. The second-order valence-corrected chi connectivity index (χ2v) is 12.0. The Balaban J connectivity index is 1.55. The SMILES string of the molecule is CC(=C[C@H]1CCN([C@H]2CC[C@H](N=[N+]=[N-])C[C@@H]2CS(=O)(=O)c2ccccc2)C1=O)c1cccc(C(F)(F)F)c1. The quantitative estimate of drug-likeness (QED) is 0.232. The molecule has 1 saturated heterocycles. The molecule has 11 heteroatoms. The summed E-state index contributed by atoms with van der Waals surface area (Å²) in [6, 6.07) is 12.5. The molecule has 0 spiro atoms. The van der Waals surface area contributed by atoms with Gasteiger partial charge in [-0.05, 0) is 79.5 Å².